The molecule has 0 aromatic carbocycles. The van der Waals surface area contributed by atoms with Gasteiger partial charge in [0.05, 0.1) is 5.92 Å². The maximum Gasteiger partial charge on any atom is 0.254 e. The minimum absolute atomic E-state index is 0.173. The van der Waals surface area contributed by atoms with Crippen LogP contribution in [0, 0.1) is 5.92 Å². The summed E-state index contributed by atoms with van der Waals surface area (Å²) in [6, 6.07) is 0. The Morgan fingerprint density at radius 3 is 2.67 bits per heavy atom. The summed E-state index contributed by atoms with van der Waals surface area (Å²) in [5.41, 5.74) is 0. The molecule has 5 heteroatoms. The van der Waals surface area contributed by atoms with Gasteiger partial charge in [-0.3, -0.25) is 14.4 Å². The average Bonchev–Trinajstić information content (AvgIpc) is 2.00. The van der Waals surface area contributed by atoms with Gasteiger partial charge < -0.3 is 0 Å². The van der Waals surface area contributed by atoms with E-state index in [0.29, 0.717) is 11.4 Å². The molecule has 1 aliphatic heterocycles. The van der Waals surface area contributed by atoms with Crippen LogP contribution in [0.25, 0.3) is 0 Å². The number of Topliss-reactive ketones (excluding diaryl/α,β-unsaturated/α-hetero) is 1. The SMILES string of the molecule is CC(=O)C1CCC(=O)N(N)C1=O. The van der Waals surface area contributed by atoms with Crippen LogP contribution < -0.4 is 5.84 Å². The topological polar surface area (TPSA) is 80.5 Å². The molecule has 0 aliphatic carbocycles. The van der Waals surface area contributed by atoms with Gasteiger partial charge in [-0.15, -0.1) is 0 Å². The van der Waals surface area contributed by atoms with Crippen molar-refractivity contribution in [2.24, 2.45) is 11.8 Å². The minimum Gasteiger partial charge on any atom is -0.299 e. The number of hydrazine groups is 1. The summed E-state index contributed by atoms with van der Waals surface area (Å²) in [5.74, 6) is 3.18. The van der Waals surface area contributed by atoms with E-state index in [4.69, 9.17) is 5.84 Å². The Morgan fingerprint density at radius 2 is 2.17 bits per heavy atom. The molecule has 0 aromatic rings. The average molecular weight is 170 g/mol. The minimum atomic E-state index is -0.715. The van der Waals surface area contributed by atoms with Crippen molar-refractivity contribution in [2.45, 2.75) is 19.8 Å². The molecule has 5 nitrogen and oxygen atoms in total. The molecule has 2 amide bonds. The van der Waals surface area contributed by atoms with E-state index < -0.39 is 17.7 Å². The van der Waals surface area contributed by atoms with Crippen molar-refractivity contribution in [2.75, 3.05) is 0 Å². The molecule has 2 N–H and O–H groups in total. The lowest BCUT2D eigenvalue weighted by atomic mass is 9.94. The van der Waals surface area contributed by atoms with Gasteiger partial charge in [0, 0.05) is 6.42 Å². The highest BCUT2D eigenvalue weighted by Gasteiger charge is 2.34. The summed E-state index contributed by atoms with van der Waals surface area (Å²) in [6.45, 7) is 1.33. The monoisotopic (exact) mass is 170 g/mol. The second kappa shape index (κ2) is 3.02. The molecule has 0 saturated carbocycles. The first kappa shape index (κ1) is 8.86. The molecule has 12 heavy (non-hydrogen) atoms. The van der Waals surface area contributed by atoms with Crippen LogP contribution in [0.5, 0.6) is 0 Å². The Balaban J connectivity index is 2.78. The zero-order chi connectivity index (χ0) is 9.30. The van der Waals surface area contributed by atoms with E-state index in [1.807, 2.05) is 0 Å². The van der Waals surface area contributed by atoms with Crippen molar-refractivity contribution in [3.63, 3.8) is 0 Å². The van der Waals surface area contributed by atoms with Gasteiger partial charge >= 0.3 is 0 Å². The lowest BCUT2D eigenvalue weighted by Gasteiger charge is -2.24. The predicted molar refractivity (Wildman–Crippen MR) is 39.4 cm³/mol. The number of ketones is 1. The van der Waals surface area contributed by atoms with Crippen molar-refractivity contribution >= 4 is 17.6 Å². The van der Waals surface area contributed by atoms with E-state index in [2.05, 4.69) is 0 Å². The highest BCUT2D eigenvalue weighted by atomic mass is 16.2. The molecule has 1 heterocycles. The van der Waals surface area contributed by atoms with Gasteiger partial charge in [0.15, 0.2) is 0 Å². The van der Waals surface area contributed by atoms with Crippen LogP contribution in [-0.4, -0.2) is 22.6 Å². The molecule has 1 aliphatic rings. The highest BCUT2D eigenvalue weighted by molar-refractivity contribution is 6.08. The summed E-state index contributed by atoms with van der Waals surface area (Å²) in [5, 5.41) is 0.537. The van der Waals surface area contributed by atoms with Gasteiger partial charge in [-0.05, 0) is 13.3 Å². The zero-order valence-corrected chi connectivity index (χ0v) is 6.74. The van der Waals surface area contributed by atoms with Crippen LogP contribution in [0.2, 0.25) is 0 Å². The van der Waals surface area contributed by atoms with E-state index in [9.17, 15) is 14.4 Å². The summed E-state index contributed by atoms with van der Waals surface area (Å²) in [6.07, 6.45) is 0.465. The number of nitrogens with two attached hydrogens (primary N) is 1. The third kappa shape index (κ3) is 1.35. The third-order valence-corrected chi connectivity index (χ3v) is 1.94. The Morgan fingerprint density at radius 1 is 1.58 bits per heavy atom. The second-order valence-corrected chi connectivity index (χ2v) is 2.80. The molecule has 0 bridgehead atoms. The Hall–Kier alpha value is -1.23. The molecule has 0 spiro atoms. The van der Waals surface area contributed by atoms with Gasteiger partial charge in [-0.2, -0.15) is 0 Å². The van der Waals surface area contributed by atoms with E-state index in [1.54, 1.807) is 0 Å². The van der Waals surface area contributed by atoms with E-state index in [0.717, 1.165) is 0 Å². The first-order valence-corrected chi connectivity index (χ1v) is 3.66. The molecule has 1 unspecified atom stereocenters. The van der Waals surface area contributed by atoms with Gasteiger partial charge in [-0.25, -0.2) is 10.9 Å². The van der Waals surface area contributed by atoms with Crippen molar-refractivity contribution in [3.8, 4) is 0 Å². The maximum absolute atomic E-state index is 11.1. The number of carbonyl (C=O) groups excluding carboxylic acids is 3. The van der Waals surface area contributed by atoms with Gasteiger partial charge in [0.2, 0.25) is 5.91 Å². The van der Waals surface area contributed by atoms with Crippen LogP contribution in [0.1, 0.15) is 19.8 Å². The first-order chi connectivity index (χ1) is 5.54. The molecule has 1 atom stereocenters. The third-order valence-electron chi connectivity index (χ3n) is 1.94. The quantitative estimate of drug-likeness (QED) is 0.242. The largest absolute Gasteiger partial charge is 0.299 e. The van der Waals surface area contributed by atoms with Crippen LogP contribution in [0.3, 0.4) is 0 Å². The summed E-state index contributed by atoms with van der Waals surface area (Å²) >= 11 is 0. The molecule has 1 rings (SSSR count). The fourth-order valence-electron chi connectivity index (χ4n) is 1.18. The van der Waals surface area contributed by atoms with Gasteiger partial charge in [-0.1, -0.05) is 0 Å². The van der Waals surface area contributed by atoms with E-state index in [-0.39, 0.29) is 12.2 Å². The number of hydrogen-bond donors (Lipinski definition) is 1. The predicted octanol–water partition coefficient (Wildman–Crippen LogP) is -0.786. The van der Waals surface area contributed by atoms with E-state index >= 15 is 0 Å². The Kier molecular flexibility index (Phi) is 2.23. The molecule has 0 radical (unpaired) electrons. The fourth-order valence-corrected chi connectivity index (χ4v) is 1.18. The number of rotatable bonds is 1. The number of piperidine rings is 1. The molecule has 0 aromatic heterocycles. The number of imide groups is 1. The molecular weight excluding hydrogens is 160 g/mol. The van der Waals surface area contributed by atoms with Crippen LogP contribution in [0.4, 0.5) is 0 Å². The van der Waals surface area contributed by atoms with Crippen molar-refractivity contribution in [1.82, 2.24) is 5.01 Å². The molecule has 66 valence electrons. The number of carbonyl (C=O) groups is 3. The summed E-state index contributed by atoms with van der Waals surface area (Å²) in [4.78, 5) is 32.8. The first-order valence-electron chi connectivity index (χ1n) is 3.66. The van der Waals surface area contributed by atoms with Gasteiger partial charge in [0.25, 0.3) is 5.91 Å². The Labute approximate surface area is 69.5 Å². The second-order valence-electron chi connectivity index (χ2n) is 2.80. The number of hydrogen-bond acceptors (Lipinski definition) is 4. The smallest absolute Gasteiger partial charge is 0.254 e. The maximum atomic E-state index is 11.1. The van der Waals surface area contributed by atoms with Crippen molar-refractivity contribution in [1.29, 1.82) is 0 Å². The number of amides is 2. The van der Waals surface area contributed by atoms with Crippen LogP contribution in [-0.2, 0) is 14.4 Å². The molecule has 1 fully saturated rings. The summed E-state index contributed by atoms with van der Waals surface area (Å²) < 4.78 is 0. The van der Waals surface area contributed by atoms with Crippen LogP contribution in [0.15, 0.2) is 0 Å². The Bertz CT molecular complexity index is 249. The lowest BCUT2D eigenvalue weighted by molar-refractivity contribution is -0.153. The van der Waals surface area contributed by atoms with Crippen molar-refractivity contribution in [3.05, 3.63) is 0 Å². The number of nitrogens with zero attached hydrogens (tertiary/aromatic N) is 1. The van der Waals surface area contributed by atoms with Crippen molar-refractivity contribution < 1.29 is 14.4 Å². The standard InChI is InChI=1S/C7H10N2O3/c1-4(10)5-2-3-6(11)9(8)7(5)12/h5H,2-3,8H2,1H3. The zero-order valence-electron chi connectivity index (χ0n) is 6.74. The summed E-state index contributed by atoms with van der Waals surface area (Å²) in [7, 11) is 0. The normalized spacial score (nSPS) is 24.5. The molecular formula is C7H10N2O3. The van der Waals surface area contributed by atoms with E-state index in [1.165, 1.54) is 6.92 Å². The fraction of sp³-hybridized carbons (Fsp3) is 0.571. The van der Waals surface area contributed by atoms with Gasteiger partial charge in [0.1, 0.15) is 5.78 Å². The van der Waals surface area contributed by atoms with Crippen LogP contribution >= 0.6 is 0 Å². The lowest BCUT2D eigenvalue weighted by Crippen LogP contribution is -2.50. The highest BCUT2D eigenvalue weighted by Crippen LogP contribution is 2.17. The molecule has 1 saturated heterocycles.